The van der Waals surface area contributed by atoms with E-state index in [1.54, 1.807) is 36.1 Å². The predicted octanol–water partition coefficient (Wildman–Crippen LogP) is 1.97. The van der Waals surface area contributed by atoms with Crippen LogP contribution in [0.25, 0.3) is 0 Å². The van der Waals surface area contributed by atoms with Crippen molar-refractivity contribution in [2.75, 3.05) is 31.8 Å². The van der Waals surface area contributed by atoms with Gasteiger partial charge in [0.1, 0.15) is 5.76 Å². The number of ether oxygens (including phenoxy) is 3. The number of carbonyl (C=O) groups excluding carboxylic acids is 2. The normalized spacial score (nSPS) is 16.1. The maximum Gasteiger partial charge on any atom is 0.260 e. The summed E-state index contributed by atoms with van der Waals surface area (Å²) in [4.78, 5) is 26.5. The summed E-state index contributed by atoms with van der Waals surface area (Å²) in [6.45, 7) is 2.87. The van der Waals surface area contributed by atoms with Crippen LogP contribution in [0.5, 0.6) is 17.4 Å². The molecule has 0 bridgehead atoms. The maximum atomic E-state index is 12.5. The molecule has 1 fully saturated rings. The molecule has 0 unspecified atom stereocenters. The average molecular weight is 387 g/mol. The third-order valence-electron chi connectivity index (χ3n) is 4.81. The third kappa shape index (κ3) is 4.03. The van der Waals surface area contributed by atoms with Crippen LogP contribution in [-0.2, 0) is 9.59 Å². The number of fused-ring (bicyclic) bond motifs is 1. The van der Waals surface area contributed by atoms with Crippen LogP contribution in [0, 0.1) is 12.8 Å². The molecule has 1 aromatic heterocycles. The zero-order valence-electron chi connectivity index (χ0n) is 15.5. The first-order chi connectivity index (χ1) is 13.6. The van der Waals surface area contributed by atoms with Crippen LogP contribution in [0.1, 0.15) is 18.6 Å². The summed E-state index contributed by atoms with van der Waals surface area (Å²) in [7, 11) is 0. The molecule has 2 amide bonds. The zero-order chi connectivity index (χ0) is 19.5. The minimum atomic E-state index is -0.145. The maximum absolute atomic E-state index is 12.5. The quantitative estimate of drug-likeness (QED) is 0.836. The number of aromatic nitrogens is 1. The van der Waals surface area contributed by atoms with Crippen molar-refractivity contribution in [3.8, 4) is 17.4 Å². The summed E-state index contributed by atoms with van der Waals surface area (Å²) in [5, 5.41) is 6.61. The second kappa shape index (κ2) is 7.79. The molecule has 1 saturated heterocycles. The molecule has 0 saturated carbocycles. The van der Waals surface area contributed by atoms with Crippen molar-refractivity contribution < 1.29 is 28.3 Å². The minimum Gasteiger partial charge on any atom is -0.465 e. The minimum absolute atomic E-state index is 0.0553. The Labute approximate surface area is 161 Å². The Kier molecular flexibility index (Phi) is 5.05. The number of amides is 2. The van der Waals surface area contributed by atoms with Gasteiger partial charge < -0.3 is 29.0 Å². The highest BCUT2D eigenvalue weighted by atomic mass is 16.7. The SMILES string of the molecule is Cc1cc(OCC(=O)N2CCC(C(=O)Nc3ccc4c(c3)OCO4)CC2)no1. The molecule has 1 aromatic carbocycles. The van der Waals surface area contributed by atoms with Gasteiger partial charge >= 0.3 is 0 Å². The van der Waals surface area contributed by atoms with E-state index in [0.717, 1.165) is 0 Å². The van der Waals surface area contributed by atoms with Gasteiger partial charge in [0.2, 0.25) is 12.7 Å². The van der Waals surface area contributed by atoms with Gasteiger partial charge in [0.25, 0.3) is 11.8 Å². The Hall–Kier alpha value is -3.23. The standard InChI is InChI=1S/C19H21N3O6/c1-12-8-17(21-28-12)25-10-18(23)22-6-4-13(5-7-22)19(24)20-14-2-3-15-16(9-14)27-11-26-15/h2-3,8-9,13H,4-7,10-11H2,1H3,(H,20,24). The van der Waals surface area contributed by atoms with Crippen LogP contribution >= 0.6 is 0 Å². The third-order valence-corrected chi connectivity index (χ3v) is 4.81. The molecule has 3 heterocycles. The molecule has 0 atom stereocenters. The van der Waals surface area contributed by atoms with Gasteiger partial charge in [-0.1, -0.05) is 0 Å². The Morgan fingerprint density at radius 1 is 1.21 bits per heavy atom. The largest absolute Gasteiger partial charge is 0.465 e. The van der Waals surface area contributed by atoms with E-state index in [-0.39, 0.29) is 31.1 Å². The number of nitrogens with one attached hydrogen (secondary N) is 1. The van der Waals surface area contributed by atoms with Gasteiger partial charge in [-0.25, -0.2) is 0 Å². The van der Waals surface area contributed by atoms with E-state index in [4.69, 9.17) is 18.7 Å². The summed E-state index contributed by atoms with van der Waals surface area (Å²) in [5.41, 5.74) is 0.670. The van der Waals surface area contributed by atoms with E-state index in [1.807, 2.05) is 0 Å². The van der Waals surface area contributed by atoms with E-state index in [2.05, 4.69) is 10.5 Å². The van der Waals surface area contributed by atoms with Crippen molar-refractivity contribution >= 4 is 17.5 Å². The molecule has 1 N–H and O–H groups in total. The highest BCUT2D eigenvalue weighted by molar-refractivity contribution is 5.93. The first kappa shape index (κ1) is 18.1. The van der Waals surface area contributed by atoms with E-state index in [9.17, 15) is 9.59 Å². The number of anilines is 1. The van der Waals surface area contributed by atoms with E-state index >= 15 is 0 Å². The Morgan fingerprint density at radius 2 is 2.00 bits per heavy atom. The number of likely N-dealkylation sites (tertiary alicyclic amines) is 1. The van der Waals surface area contributed by atoms with Crippen LogP contribution in [0.3, 0.4) is 0 Å². The number of rotatable bonds is 5. The fraction of sp³-hybridized carbons (Fsp3) is 0.421. The first-order valence-corrected chi connectivity index (χ1v) is 9.13. The molecule has 0 aliphatic carbocycles. The topological polar surface area (TPSA) is 103 Å². The highest BCUT2D eigenvalue weighted by Gasteiger charge is 2.28. The number of benzene rings is 1. The van der Waals surface area contributed by atoms with Crippen LogP contribution in [-0.4, -0.2) is 48.4 Å². The van der Waals surface area contributed by atoms with Gasteiger partial charge in [-0.15, -0.1) is 0 Å². The molecule has 148 valence electrons. The second-order valence-corrected chi connectivity index (χ2v) is 6.78. The van der Waals surface area contributed by atoms with Gasteiger partial charge in [0.05, 0.1) is 0 Å². The van der Waals surface area contributed by atoms with Crippen molar-refractivity contribution in [1.29, 1.82) is 0 Å². The molecule has 2 aliphatic heterocycles. The lowest BCUT2D eigenvalue weighted by atomic mass is 9.95. The highest BCUT2D eigenvalue weighted by Crippen LogP contribution is 2.34. The molecule has 0 spiro atoms. The fourth-order valence-corrected chi connectivity index (χ4v) is 3.25. The van der Waals surface area contributed by atoms with Gasteiger partial charge in [-0.2, -0.15) is 0 Å². The second-order valence-electron chi connectivity index (χ2n) is 6.78. The smallest absolute Gasteiger partial charge is 0.260 e. The van der Waals surface area contributed by atoms with E-state index < -0.39 is 0 Å². The molecular formula is C19H21N3O6. The summed E-state index contributed by atoms with van der Waals surface area (Å²) in [6.07, 6.45) is 1.20. The Bertz CT molecular complexity index is 872. The monoisotopic (exact) mass is 387 g/mol. The van der Waals surface area contributed by atoms with Crippen LogP contribution in [0.4, 0.5) is 5.69 Å². The van der Waals surface area contributed by atoms with Crippen molar-refractivity contribution in [3.63, 3.8) is 0 Å². The number of piperidine rings is 1. The number of nitrogens with zero attached hydrogens (tertiary/aromatic N) is 2. The van der Waals surface area contributed by atoms with Gasteiger partial charge in [-0.3, -0.25) is 9.59 Å². The van der Waals surface area contributed by atoms with Crippen LogP contribution in [0.2, 0.25) is 0 Å². The number of aryl methyl sites for hydroxylation is 1. The summed E-state index contributed by atoms with van der Waals surface area (Å²) < 4.78 is 20.8. The zero-order valence-corrected chi connectivity index (χ0v) is 15.5. The molecule has 0 radical (unpaired) electrons. The van der Waals surface area contributed by atoms with Crippen molar-refractivity contribution in [1.82, 2.24) is 10.1 Å². The lowest BCUT2D eigenvalue weighted by Gasteiger charge is -2.31. The Morgan fingerprint density at radius 3 is 2.75 bits per heavy atom. The molecule has 9 nitrogen and oxygen atoms in total. The fourth-order valence-electron chi connectivity index (χ4n) is 3.25. The Balaban J connectivity index is 1.24. The molecule has 4 rings (SSSR count). The van der Waals surface area contributed by atoms with Crippen LogP contribution < -0.4 is 19.5 Å². The summed E-state index contributed by atoms with van der Waals surface area (Å²) in [6, 6.07) is 6.93. The summed E-state index contributed by atoms with van der Waals surface area (Å²) in [5.74, 6) is 1.89. The number of hydrogen-bond donors (Lipinski definition) is 1. The van der Waals surface area contributed by atoms with Gasteiger partial charge in [-0.05, 0) is 37.1 Å². The first-order valence-electron chi connectivity index (χ1n) is 9.13. The number of carbonyl (C=O) groups is 2. The molecular weight excluding hydrogens is 366 g/mol. The molecule has 28 heavy (non-hydrogen) atoms. The molecule has 9 heteroatoms. The van der Waals surface area contributed by atoms with Gasteiger partial charge in [0, 0.05) is 36.8 Å². The van der Waals surface area contributed by atoms with Crippen molar-refractivity contribution in [2.24, 2.45) is 5.92 Å². The lowest BCUT2D eigenvalue weighted by Crippen LogP contribution is -2.43. The van der Waals surface area contributed by atoms with E-state index in [1.165, 1.54) is 0 Å². The average Bonchev–Trinajstić information content (AvgIpc) is 3.34. The summed E-state index contributed by atoms with van der Waals surface area (Å²) >= 11 is 0. The lowest BCUT2D eigenvalue weighted by molar-refractivity contribution is -0.136. The van der Waals surface area contributed by atoms with E-state index in [0.29, 0.717) is 54.8 Å². The van der Waals surface area contributed by atoms with Gasteiger partial charge in [0.15, 0.2) is 18.1 Å². The number of hydrogen-bond acceptors (Lipinski definition) is 7. The van der Waals surface area contributed by atoms with Crippen molar-refractivity contribution in [2.45, 2.75) is 19.8 Å². The van der Waals surface area contributed by atoms with Crippen LogP contribution in [0.15, 0.2) is 28.8 Å². The predicted molar refractivity (Wildman–Crippen MR) is 97.2 cm³/mol. The molecule has 2 aromatic rings. The molecule has 2 aliphatic rings. The van der Waals surface area contributed by atoms with Crippen molar-refractivity contribution in [3.05, 3.63) is 30.0 Å².